The second-order valence-corrected chi connectivity index (χ2v) is 6.13. The van der Waals surface area contributed by atoms with E-state index in [1.165, 1.54) is 7.11 Å². The first-order chi connectivity index (χ1) is 11.1. The lowest BCUT2D eigenvalue weighted by Gasteiger charge is -2.06. The first kappa shape index (κ1) is 17.1. The maximum Gasteiger partial charge on any atom is 0.305 e. The molecule has 2 aromatic carbocycles. The van der Waals surface area contributed by atoms with Gasteiger partial charge in [0.1, 0.15) is 5.75 Å². The van der Waals surface area contributed by atoms with Crippen LogP contribution in [0.2, 0.25) is 0 Å². The van der Waals surface area contributed by atoms with Gasteiger partial charge in [-0.25, -0.2) is 0 Å². The van der Waals surface area contributed by atoms with Gasteiger partial charge in [0.15, 0.2) is 0 Å². The number of benzene rings is 2. The zero-order chi connectivity index (χ0) is 16.7. The SMILES string of the molecule is COC(=O)CCCC(CSc1ccc2cc(O)ccc2c1)=NO. The maximum atomic E-state index is 11.1. The van der Waals surface area contributed by atoms with E-state index in [1.807, 2.05) is 24.3 Å². The largest absolute Gasteiger partial charge is 0.508 e. The van der Waals surface area contributed by atoms with E-state index in [1.54, 1.807) is 23.9 Å². The highest BCUT2D eigenvalue weighted by Gasteiger charge is 2.06. The molecule has 0 fully saturated rings. The van der Waals surface area contributed by atoms with Gasteiger partial charge in [-0.2, -0.15) is 0 Å². The summed E-state index contributed by atoms with van der Waals surface area (Å²) in [5.41, 5.74) is 0.643. The summed E-state index contributed by atoms with van der Waals surface area (Å²) < 4.78 is 4.58. The van der Waals surface area contributed by atoms with E-state index in [-0.39, 0.29) is 11.7 Å². The maximum absolute atomic E-state index is 11.1. The number of hydrogen-bond acceptors (Lipinski definition) is 6. The van der Waals surface area contributed by atoms with Gasteiger partial charge in [0, 0.05) is 17.1 Å². The van der Waals surface area contributed by atoms with Crippen molar-refractivity contribution in [3.63, 3.8) is 0 Å². The summed E-state index contributed by atoms with van der Waals surface area (Å²) in [5, 5.41) is 23.9. The standard InChI is InChI=1S/C17H19NO4S/c1-22-17(20)4-2-3-14(18-21)11-23-16-8-6-12-9-15(19)7-5-13(12)10-16/h5-10,19,21H,2-4,11H2,1H3. The van der Waals surface area contributed by atoms with Gasteiger partial charge >= 0.3 is 5.97 Å². The normalized spacial score (nSPS) is 11.6. The van der Waals surface area contributed by atoms with Crippen LogP contribution in [0.25, 0.3) is 10.8 Å². The Bertz CT molecular complexity index is 715. The lowest BCUT2D eigenvalue weighted by atomic mass is 10.1. The highest BCUT2D eigenvalue weighted by Crippen LogP contribution is 2.26. The van der Waals surface area contributed by atoms with E-state index in [0.717, 1.165) is 15.7 Å². The first-order valence-corrected chi connectivity index (χ1v) is 8.23. The Morgan fingerprint density at radius 3 is 2.65 bits per heavy atom. The molecule has 23 heavy (non-hydrogen) atoms. The van der Waals surface area contributed by atoms with Crippen molar-refractivity contribution >= 4 is 34.2 Å². The van der Waals surface area contributed by atoms with Crippen LogP contribution < -0.4 is 0 Å². The van der Waals surface area contributed by atoms with E-state index in [4.69, 9.17) is 5.21 Å². The van der Waals surface area contributed by atoms with Crippen LogP contribution >= 0.6 is 11.8 Å². The Balaban J connectivity index is 1.91. The zero-order valence-corrected chi connectivity index (χ0v) is 13.7. The van der Waals surface area contributed by atoms with Crippen LogP contribution in [-0.4, -0.2) is 34.9 Å². The molecule has 0 spiro atoms. The van der Waals surface area contributed by atoms with Gasteiger partial charge < -0.3 is 15.1 Å². The van der Waals surface area contributed by atoms with Gasteiger partial charge in [-0.15, -0.1) is 11.8 Å². The Hall–Kier alpha value is -2.21. The van der Waals surface area contributed by atoms with Crippen molar-refractivity contribution < 1.29 is 19.8 Å². The van der Waals surface area contributed by atoms with Crippen LogP contribution in [0, 0.1) is 0 Å². The number of thioether (sulfide) groups is 1. The smallest absolute Gasteiger partial charge is 0.305 e. The fourth-order valence-corrected chi connectivity index (χ4v) is 3.07. The molecule has 0 unspecified atom stereocenters. The lowest BCUT2D eigenvalue weighted by molar-refractivity contribution is -0.140. The molecule has 122 valence electrons. The minimum Gasteiger partial charge on any atom is -0.508 e. The molecule has 0 heterocycles. The molecule has 2 N–H and O–H groups in total. The minimum atomic E-state index is -0.257. The van der Waals surface area contributed by atoms with Crippen molar-refractivity contribution in [2.45, 2.75) is 24.2 Å². The number of esters is 1. The molecule has 0 aliphatic carbocycles. The van der Waals surface area contributed by atoms with Crippen LogP contribution in [0.4, 0.5) is 0 Å². The second kappa shape index (κ2) is 8.43. The predicted molar refractivity (Wildman–Crippen MR) is 91.4 cm³/mol. The summed E-state index contributed by atoms with van der Waals surface area (Å²) in [6.45, 7) is 0. The van der Waals surface area contributed by atoms with E-state index in [9.17, 15) is 9.90 Å². The van der Waals surface area contributed by atoms with Gasteiger partial charge in [-0.1, -0.05) is 17.3 Å². The van der Waals surface area contributed by atoms with Crippen LogP contribution in [0.3, 0.4) is 0 Å². The van der Waals surface area contributed by atoms with Crippen molar-refractivity contribution in [3.8, 4) is 5.75 Å². The van der Waals surface area contributed by atoms with E-state index in [0.29, 0.717) is 30.7 Å². The molecule has 0 amide bonds. The Kier molecular flexibility index (Phi) is 6.29. The number of oxime groups is 1. The summed E-state index contributed by atoms with van der Waals surface area (Å²) in [5.74, 6) is 0.548. The first-order valence-electron chi connectivity index (χ1n) is 7.24. The molecule has 2 aromatic rings. The van der Waals surface area contributed by atoms with Crippen LogP contribution in [0.5, 0.6) is 5.75 Å². The number of carbonyl (C=O) groups is 1. The molecule has 0 bridgehead atoms. The summed E-state index contributed by atoms with van der Waals surface area (Å²) in [4.78, 5) is 12.1. The van der Waals surface area contributed by atoms with Crippen molar-refractivity contribution in [3.05, 3.63) is 36.4 Å². The third kappa shape index (κ3) is 5.17. The predicted octanol–water partition coefficient (Wildman–Crippen LogP) is 3.81. The lowest BCUT2D eigenvalue weighted by Crippen LogP contribution is -2.05. The highest BCUT2D eigenvalue weighted by atomic mass is 32.2. The average Bonchev–Trinajstić information content (AvgIpc) is 2.57. The summed E-state index contributed by atoms with van der Waals surface area (Å²) in [7, 11) is 1.36. The molecule has 0 saturated carbocycles. The van der Waals surface area contributed by atoms with Crippen molar-refractivity contribution in [2.24, 2.45) is 5.16 Å². The molecule has 0 radical (unpaired) electrons. The minimum absolute atomic E-state index is 0.248. The summed E-state index contributed by atoms with van der Waals surface area (Å²) in [6.07, 6.45) is 1.48. The number of phenols is 1. The van der Waals surface area contributed by atoms with Crippen molar-refractivity contribution in [2.75, 3.05) is 12.9 Å². The van der Waals surface area contributed by atoms with Crippen LogP contribution in [-0.2, 0) is 9.53 Å². The Morgan fingerprint density at radius 2 is 1.91 bits per heavy atom. The Labute approximate surface area is 139 Å². The van der Waals surface area contributed by atoms with Gasteiger partial charge in [-0.05, 0) is 47.9 Å². The monoisotopic (exact) mass is 333 g/mol. The number of hydrogen-bond donors (Lipinski definition) is 2. The third-order valence-corrected chi connectivity index (χ3v) is 4.48. The van der Waals surface area contributed by atoms with Crippen LogP contribution in [0.1, 0.15) is 19.3 Å². The number of phenolic OH excluding ortho intramolecular Hbond substituents is 1. The zero-order valence-electron chi connectivity index (χ0n) is 12.9. The number of nitrogens with zero attached hydrogens (tertiary/aromatic N) is 1. The molecule has 0 aromatic heterocycles. The number of fused-ring (bicyclic) bond motifs is 1. The van der Waals surface area contributed by atoms with E-state index in [2.05, 4.69) is 9.89 Å². The number of ether oxygens (including phenoxy) is 1. The van der Waals surface area contributed by atoms with Crippen LogP contribution in [0.15, 0.2) is 46.4 Å². The molecule has 0 aliphatic heterocycles. The molecular weight excluding hydrogens is 314 g/mol. The van der Waals surface area contributed by atoms with Gasteiger partial charge in [0.25, 0.3) is 0 Å². The topological polar surface area (TPSA) is 79.1 Å². The molecule has 0 atom stereocenters. The van der Waals surface area contributed by atoms with Crippen molar-refractivity contribution in [1.82, 2.24) is 0 Å². The van der Waals surface area contributed by atoms with Gasteiger partial charge in [0.2, 0.25) is 0 Å². The quantitative estimate of drug-likeness (QED) is 0.265. The van der Waals surface area contributed by atoms with Gasteiger partial charge in [-0.3, -0.25) is 4.79 Å². The van der Waals surface area contributed by atoms with E-state index >= 15 is 0 Å². The molecule has 6 heteroatoms. The number of carbonyl (C=O) groups excluding carboxylic acids is 1. The highest BCUT2D eigenvalue weighted by molar-refractivity contribution is 8.00. The number of rotatable bonds is 7. The second-order valence-electron chi connectivity index (χ2n) is 5.08. The molecule has 2 rings (SSSR count). The number of aromatic hydroxyl groups is 1. The van der Waals surface area contributed by atoms with Crippen molar-refractivity contribution in [1.29, 1.82) is 0 Å². The Morgan fingerprint density at radius 1 is 1.17 bits per heavy atom. The molecule has 5 nitrogen and oxygen atoms in total. The molecule has 0 saturated heterocycles. The fourth-order valence-electron chi connectivity index (χ4n) is 2.16. The van der Waals surface area contributed by atoms with E-state index < -0.39 is 0 Å². The average molecular weight is 333 g/mol. The fraction of sp³-hybridized carbons (Fsp3) is 0.294. The third-order valence-electron chi connectivity index (χ3n) is 3.42. The number of methoxy groups -OCH3 is 1. The summed E-state index contributed by atoms with van der Waals surface area (Å²) >= 11 is 1.57. The summed E-state index contributed by atoms with van der Waals surface area (Å²) in [6, 6.07) is 11.2. The van der Waals surface area contributed by atoms with Gasteiger partial charge in [0.05, 0.1) is 12.8 Å². The molecule has 0 aliphatic rings. The molecular formula is C17H19NO4S.